The summed E-state index contributed by atoms with van der Waals surface area (Å²) in [7, 11) is 0. The fourth-order valence-corrected chi connectivity index (χ4v) is 2.86. The van der Waals surface area contributed by atoms with Gasteiger partial charge in [-0.25, -0.2) is 9.59 Å². The number of nitrogens with one attached hydrogen (secondary N) is 3. The highest BCUT2D eigenvalue weighted by Gasteiger charge is 2.49. The van der Waals surface area contributed by atoms with Crippen LogP contribution in [0.15, 0.2) is 16.8 Å². The van der Waals surface area contributed by atoms with Gasteiger partial charge in [0.1, 0.15) is 12.1 Å². The van der Waals surface area contributed by atoms with E-state index in [-0.39, 0.29) is 0 Å². The van der Waals surface area contributed by atoms with Crippen molar-refractivity contribution in [3.05, 3.63) is 22.4 Å². The summed E-state index contributed by atoms with van der Waals surface area (Å²) in [5.74, 6) is -1.26. The molecule has 1 saturated heterocycles. The number of thiophene rings is 1. The zero-order valence-electron chi connectivity index (χ0n) is 12.1. The van der Waals surface area contributed by atoms with Gasteiger partial charge < -0.3 is 10.6 Å². The maximum atomic E-state index is 12.4. The average molecular weight is 324 g/mol. The molecule has 2 rings (SSSR count). The number of hydrogen-bond acceptors (Lipinski definition) is 5. The number of carbonyl (C=O) groups excluding carboxylic acids is 4. The quantitative estimate of drug-likeness (QED) is 0.695. The molecule has 0 spiro atoms. The molecule has 0 saturated carbocycles. The highest BCUT2D eigenvalue weighted by atomic mass is 32.1. The molecular formula is C13H16N4O4S. The zero-order valence-corrected chi connectivity index (χ0v) is 13.0. The number of nitrogens with zero attached hydrogens (tertiary/aromatic N) is 1. The minimum atomic E-state index is -1.19. The van der Waals surface area contributed by atoms with Crippen molar-refractivity contribution in [3.63, 3.8) is 0 Å². The molecule has 3 N–H and O–H groups in total. The van der Waals surface area contributed by atoms with Crippen LogP contribution in [0, 0.1) is 0 Å². The predicted octanol–water partition coefficient (Wildman–Crippen LogP) is 0.361. The van der Waals surface area contributed by atoms with Crippen molar-refractivity contribution in [1.82, 2.24) is 20.9 Å². The van der Waals surface area contributed by atoms with Gasteiger partial charge >= 0.3 is 12.1 Å². The summed E-state index contributed by atoms with van der Waals surface area (Å²) in [5, 5.41) is 10.6. The first-order valence-electron chi connectivity index (χ1n) is 6.63. The number of imide groups is 2. The third-order valence-electron chi connectivity index (χ3n) is 3.27. The molecule has 0 unspecified atom stereocenters. The van der Waals surface area contributed by atoms with E-state index in [1.165, 1.54) is 11.3 Å². The lowest BCUT2D eigenvalue weighted by Gasteiger charge is -2.20. The Morgan fingerprint density at radius 1 is 1.41 bits per heavy atom. The van der Waals surface area contributed by atoms with E-state index in [0.717, 1.165) is 4.90 Å². The predicted molar refractivity (Wildman–Crippen MR) is 79.1 cm³/mol. The molecule has 1 aromatic rings. The fraction of sp³-hybridized carbons (Fsp3) is 0.385. The van der Waals surface area contributed by atoms with E-state index in [1.54, 1.807) is 30.7 Å². The minimum absolute atomic E-state index is 0.360. The molecule has 9 heteroatoms. The summed E-state index contributed by atoms with van der Waals surface area (Å²) in [6, 6.07) is 0.408. The second-order valence-electron chi connectivity index (χ2n) is 4.87. The van der Waals surface area contributed by atoms with Gasteiger partial charge in [-0.2, -0.15) is 11.3 Å². The van der Waals surface area contributed by atoms with Gasteiger partial charge in [-0.3, -0.25) is 19.8 Å². The van der Waals surface area contributed by atoms with Crippen LogP contribution in [0.4, 0.5) is 9.59 Å². The molecule has 0 bridgehead atoms. The molecule has 1 aliphatic rings. The van der Waals surface area contributed by atoms with E-state index in [2.05, 4.69) is 16.0 Å². The average Bonchev–Trinajstić information content (AvgIpc) is 3.04. The molecular weight excluding hydrogens is 308 g/mol. The van der Waals surface area contributed by atoms with E-state index in [9.17, 15) is 19.2 Å². The summed E-state index contributed by atoms with van der Waals surface area (Å²) in [4.78, 5) is 48.2. The molecule has 0 aromatic carbocycles. The lowest BCUT2D eigenvalue weighted by molar-refractivity contribution is -0.134. The van der Waals surface area contributed by atoms with E-state index in [0.29, 0.717) is 12.1 Å². The van der Waals surface area contributed by atoms with Crippen molar-refractivity contribution in [2.24, 2.45) is 0 Å². The molecule has 0 aliphatic carbocycles. The number of amides is 6. The normalized spacial score (nSPS) is 20.7. The van der Waals surface area contributed by atoms with E-state index in [1.807, 2.05) is 0 Å². The second-order valence-corrected chi connectivity index (χ2v) is 5.65. The van der Waals surface area contributed by atoms with Gasteiger partial charge in [0.2, 0.25) is 5.91 Å². The molecule has 8 nitrogen and oxygen atoms in total. The number of urea groups is 2. The van der Waals surface area contributed by atoms with Gasteiger partial charge in [0.25, 0.3) is 5.91 Å². The lowest BCUT2D eigenvalue weighted by Crippen LogP contribution is -2.46. The molecule has 1 aliphatic heterocycles. The van der Waals surface area contributed by atoms with Gasteiger partial charge in [0.15, 0.2) is 0 Å². The molecule has 1 atom stereocenters. The van der Waals surface area contributed by atoms with Crippen molar-refractivity contribution < 1.29 is 19.2 Å². The third kappa shape index (κ3) is 2.93. The summed E-state index contributed by atoms with van der Waals surface area (Å²) >= 11 is 1.40. The van der Waals surface area contributed by atoms with Gasteiger partial charge in [-0.15, -0.1) is 0 Å². The van der Waals surface area contributed by atoms with E-state index >= 15 is 0 Å². The third-order valence-corrected chi connectivity index (χ3v) is 3.95. The van der Waals surface area contributed by atoms with Crippen molar-refractivity contribution in [1.29, 1.82) is 0 Å². The van der Waals surface area contributed by atoms with Crippen molar-refractivity contribution in [3.8, 4) is 0 Å². The van der Waals surface area contributed by atoms with Crippen LogP contribution in [0.2, 0.25) is 0 Å². The van der Waals surface area contributed by atoms with Crippen molar-refractivity contribution in [2.45, 2.75) is 19.4 Å². The Hall–Kier alpha value is -2.42. The Balaban J connectivity index is 2.07. The summed E-state index contributed by atoms with van der Waals surface area (Å²) < 4.78 is 0. The summed E-state index contributed by atoms with van der Waals surface area (Å²) in [6.45, 7) is 3.13. The van der Waals surface area contributed by atoms with Crippen LogP contribution < -0.4 is 16.0 Å². The van der Waals surface area contributed by atoms with Crippen LogP contribution >= 0.6 is 11.3 Å². The maximum absolute atomic E-state index is 12.4. The minimum Gasteiger partial charge on any atom is -0.338 e. The van der Waals surface area contributed by atoms with Crippen LogP contribution in [0.5, 0.6) is 0 Å². The molecule has 2 heterocycles. The van der Waals surface area contributed by atoms with Gasteiger partial charge in [0.05, 0.1) is 0 Å². The smallest absolute Gasteiger partial charge is 0.325 e. The number of hydrogen-bond donors (Lipinski definition) is 3. The Labute approximate surface area is 130 Å². The topological polar surface area (TPSA) is 108 Å². The summed E-state index contributed by atoms with van der Waals surface area (Å²) in [6.07, 6.45) is 0. The Morgan fingerprint density at radius 3 is 2.73 bits per heavy atom. The number of rotatable bonds is 4. The van der Waals surface area contributed by atoms with Gasteiger partial charge in [-0.05, 0) is 36.2 Å². The van der Waals surface area contributed by atoms with E-state index in [4.69, 9.17) is 0 Å². The second kappa shape index (κ2) is 6.14. The molecule has 1 fully saturated rings. The van der Waals surface area contributed by atoms with Crippen LogP contribution in [-0.4, -0.2) is 41.9 Å². The standard InChI is InChI=1S/C13H16N4O4S/c1-3-14-11(20)15-9(18)6-17-10(19)13(2,16-12(17)21)8-4-5-22-7-8/h4-5,7H,3,6H2,1-2H3,(H,16,21)(H2,14,15,18,20)/t13-/m1/s1. The van der Waals surface area contributed by atoms with Crippen molar-refractivity contribution in [2.75, 3.05) is 13.1 Å². The Kier molecular flexibility index (Phi) is 4.45. The van der Waals surface area contributed by atoms with Crippen LogP contribution in [0.1, 0.15) is 19.4 Å². The SMILES string of the molecule is CCNC(=O)NC(=O)CN1C(=O)N[C@](C)(c2ccsc2)C1=O. The highest BCUT2D eigenvalue weighted by Crippen LogP contribution is 2.29. The number of carbonyl (C=O) groups is 4. The highest BCUT2D eigenvalue weighted by molar-refractivity contribution is 7.08. The summed E-state index contributed by atoms with van der Waals surface area (Å²) in [5.41, 5.74) is -0.536. The largest absolute Gasteiger partial charge is 0.338 e. The fourth-order valence-electron chi connectivity index (χ4n) is 2.10. The first kappa shape index (κ1) is 16.0. The van der Waals surface area contributed by atoms with E-state index < -0.39 is 36.0 Å². The monoisotopic (exact) mass is 324 g/mol. The molecule has 6 amide bonds. The molecule has 118 valence electrons. The lowest BCUT2D eigenvalue weighted by atomic mass is 9.95. The van der Waals surface area contributed by atoms with Gasteiger partial charge in [0, 0.05) is 6.54 Å². The first-order chi connectivity index (χ1) is 10.4. The maximum Gasteiger partial charge on any atom is 0.325 e. The Morgan fingerprint density at radius 2 is 2.14 bits per heavy atom. The zero-order chi connectivity index (χ0) is 16.3. The molecule has 22 heavy (non-hydrogen) atoms. The molecule has 1 aromatic heterocycles. The van der Waals surface area contributed by atoms with Crippen LogP contribution in [0.25, 0.3) is 0 Å². The molecule has 0 radical (unpaired) electrons. The van der Waals surface area contributed by atoms with Crippen LogP contribution in [-0.2, 0) is 15.1 Å². The first-order valence-corrected chi connectivity index (χ1v) is 7.57. The van der Waals surface area contributed by atoms with Crippen LogP contribution in [0.3, 0.4) is 0 Å². The van der Waals surface area contributed by atoms with Crippen molar-refractivity contribution >= 4 is 35.2 Å². The Bertz CT molecular complexity index is 616. The van der Waals surface area contributed by atoms with Gasteiger partial charge in [-0.1, -0.05) is 0 Å².